The van der Waals surface area contributed by atoms with E-state index in [2.05, 4.69) is 23.7 Å². The summed E-state index contributed by atoms with van der Waals surface area (Å²) in [6.07, 6.45) is 4.37. The molecule has 1 heterocycles. The maximum absolute atomic E-state index is 4.40. The molecule has 0 saturated heterocycles. The molecule has 0 N–H and O–H groups in total. The molecule has 1 rings (SSSR count). The molecule has 0 atom stereocenters. The van der Waals surface area contributed by atoms with Crippen molar-refractivity contribution >= 4 is 6.21 Å². The van der Waals surface area contributed by atoms with Crippen molar-refractivity contribution in [3.63, 3.8) is 0 Å². The van der Waals surface area contributed by atoms with Gasteiger partial charge in [0.1, 0.15) is 5.82 Å². The first-order chi connectivity index (χ1) is 5.79. The monoisotopic (exact) mass is 166 g/mol. The highest BCUT2D eigenvalue weighted by molar-refractivity contribution is 5.55. The second-order valence-corrected chi connectivity index (χ2v) is 3.17. The summed E-state index contributed by atoms with van der Waals surface area (Å²) in [5.74, 6) is 1.20. The number of aliphatic imine (C=N–C) groups is 1. The minimum absolute atomic E-state index is 1.07. The summed E-state index contributed by atoms with van der Waals surface area (Å²) in [5, 5.41) is 0. The highest BCUT2D eigenvalue weighted by Gasteiger charge is 2.14. The lowest BCUT2D eigenvalue weighted by Crippen LogP contribution is -2.27. The fourth-order valence-electron chi connectivity index (χ4n) is 1.64. The molecule has 1 aliphatic rings. The maximum Gasteiger partial charge on any atom is 0.126 e. The molecular formula is C10H18N2. The molecule has 0 fully saturated rings. The third-order valence-corrected chi connectivity index (χ3v) is 2.29. The Hall–Kier alpha value is -0.790. The lowest BCUT2D eigenvalue weighted by Gasteiger charge is -2.29. The van der Waals surface area contributed by atoms with Crippen LogP contribution in [0.1, 0.15) is 33.6 Å². The van der Waals surface area contributed by atoms with E-state index in [1.807, 2.05) is 13.1 Å². The Bertz CT molecular complexity index is 204. The smallest absolute Gasteiger partial charge is 0.126 e. The summed E-state index contributed by atoms with van der Waals surface area (Å²) in [4.78, 5) is 6.74. The average Bonchev–Trinajstić information content (AvgIpc) is 2.09. The molecule has 0 aliphatic carbocycles. The van der Waals surface area contributed by atoms with Crippen molar-refractivity contribution in [2.24, 2.45) is 4.99 Å². The van der Waals surface area contributed by atoms with E-state index >= 15 is 0 Å². The Kier molecular flexibility index (Phi) is 3.32. The molecule has 0 aromatic carbocycles. The van der Waals surface area contributed by atoms with Crippen LogP contribution in [0.2, 0.25) is 0 Å². The molecule has 0 radical (unpaired) electrons. The van der Waals surface area contributed by atoms with Crippen LogP contribution in [-0.2, 0) is 0 Å². The zero-order chi connectivity index (χ0) is 8.97. The van der Waals surface area contributed by atoms with Crippen LogP contribution in [0.3, 0.4) is 0 Å². The highest BCUT2D eigenvalue weighted by atomic mass is 15.2. The van der Waals surface area contributed by atoms with Crippen LogP contribution < -0.4 is 0 Å². The minimum Gasteiger partial charge on any atom is -0.357 e. The lowest BCUT2D eigenvalue weighted by atomic mass is 10.1. The quantitative estimate of drug-likeness (QED) is 0.575. The van der Waals surface area contributed by atoms with Crippen LogP contribution in [-0.4, -0.2) is 24.2 Å². The summed E-state index contributed by atoms with van der Waals surface area (Å²) in [6.45, 7) is 8.58. The van der Waals surface area contributed by atoms with Gasteiger partial charge < -0.3 is 4.90 Å². The van der Waals surface area contributed by atoms with Crippen LogP contribution in [0, 0.1) is 0 Å². The molecule has 0 bridgehead atoms. The molecule has 0 unspecified atom stereocenters. The predicted molar refractivity (Wildman–Crippen MR) is 53.3 cm³/mol. The second-order valence-electron chi connectivity index (χ2n) is 3.17. The van der Waals surface area contributed by atoms with Gasteiger partial charge in [-0.1, -0.05) is 0 Å². The number of nitrogens with zero attached hydrogens (tertiary/aromatic N) is 2. The Labute approximate surface area is 75.0 Å². The van der Waals surface area contributed by atoms with E-state index < -0.39 is 0 Å². The molecule has 1 aliphatic heterocycles. The van der Waals surface area contributed by atoms with Gasteiger partial charge in [0.25, 0.3) is 0 Å². The van der Waals surface area contributed by atoms with Gasteiger partial charge in [-0.05, 0) is 39.2 Å². The summed E-state index contributed by atoms with van der Waals surface area (Å²) < 4.78 is 0. The van der Waals surface area contributed by atoms with Gasteiger partial charge in [0.05, 0.1) is 0 Å². The summed E-state index contributed by atoms with van der Waals surface area (Å²) >= 11 is 0. The van der Waals surface area contributed by atoms with Crippen LogP contribution in [0.15, 0.2) is 16.4 Å². The van der Waals surface area contributed by atoms with Crippen molar-refractivity contribution in [3.05, 3.63) is 11.4 Å². The first-order valence-electron chi connectivity index (χ1n) is 4.73. The number of hydrogen-bond donors (Lipinski definition) is 0. The summed E-state index contributed by atoms with van der Waals surface area (Å²) in [5.41, 5.74) is 1.43. The zero-order valence-electron chi connectivity index (χ0n) is 8.30. The Morgan fingerprint density at radius 1 is 1.58 bits per heavy atom. The predicted octanol–water partition coefficient (Wildman–Crippen LogP) is 2.42. The molecule has 0 aromatic rings. The fourth-order valence-corrected chi connectivity index (χ4v) is 1.64. The molecule has 0 amide bonds. The van der Waals surface area contributed by atoms with Crippen molar-refractivity contribution in [1.29, 1.82) is 0 Å². The summed E-state index contributed by atoms with van der Waals surface area (Å²) in [7, 11) is 0. The Morgan fingerprint density at radius 3 is 2.92 bits per heavy atom. The van der Waals surface area contributed by atoms with Gasteiger partial charge >= 0.3 is 0 Å². The molecule has 2 nitrogen and oxygen atoms in total. The first-order valence-corrected chi connectivity index (χ1v) is 4.73. The van der Waals surface area contributed by atoms with Gasteiger partial charge in [0.2, 0.25) is 0 Å². The molecule has 2 heteroatoms. The Balaban J connectivity index is 2.83. The third-order valence-electron chi connectivity index (χ3n) is 2.29. The van der Waals surface area contributed by atoms with Crippen LogP contribution in [0.5, 0.6) is 0 Å². The number of rotatable bonds is 2. The van der Waals surface area contributed by atoms with Crippen molar-refractivity contribution < 1.29 is 0 Å². The number of allylic oxidation sites excluding steroid dienone is 1. The van der Waals surface area contributed by atoms with Crippen molar-refractivity contribution in [2.45, 2.75) is 33.6 Å². The molecule has 12 heavy (non-hydrogen) atoms. The largest absolute Gasteiger partial charge is 0.357 e. The van der Waals surface area contributed by atoms with Gasteiger partial charge in [0.15, 0.2) is 0 Å². The normalized spacial score (nSPS) is 19.4. The maximum atomic E-state index is 4.40. The third kappa shape index (κ3) is 1.87. The van der Waals surface area contributed by atoms with Gasteiger partial charge in [0, 0.05) is 19.3 Å². The van der Waals surface area contributed by atoms with Gasteiger partial charge in [-0.15, -0.1) is 0 Å². The zero-order valence-corrected chi connectivity index (χ0v) is 8.30. The molecule has 0 saturated carbocycles. The van der Waals surface area contributed by atoms with Crippen LogP contribution in [0.4, 0.5) is 0 Å². The van der Waals surface area contributed by atoms with E-state index in [1.54, 1.807) is 0 Å². The summed E-state index contributed by atoms with van der Waals surface area (Å²) in [6, 6.07) is 0. The van der Waals surface area contributed by atoms with Crippen LogP contribution in [0.25, 0.3) is 0 Å². The minimum atomic E-state index is 1.07. The second kappa shape index (κ2) is 4.29. The lowest BCUT2D eigenvalue weighted by molar-refractivity contribution is 0.329. The van der Waals surface area contributed by atoms with Crippen molar-refractivity contribution in [3.8, 4) is 0 Å². The van der Waals surface area contributed by atoms with E-state index in [4.69, 9.17) is 0 Å². The van der Waals surface area contributed by atoms with E-state index in [1.165, 1.54) is 30.8 Å². The average molecular weight is 166 g/mol. The molecule has 0 aromatic heterocycles. The standard InChI is InChI=1S/C10H18N2/c1-4-11-10-9(3)7-6-8-12(10)5-2/h4H,5-8H2,1-3H3/b11-4-. The highest BCUT2D eigenvalue weighted by Crippen LogP contribution is 2.21. The molecule has 68 valence electrons. The van der Waals surface area contributed by atoms with Gasteiger partial charge in [-0.3, -0.25) is 0 Å². The van der Waals surface area contributed by atoms with E-state index in [-0.39, 0.29) is 0 Å². The van der Waals surface area contributed by atoms with E-state index in [0.29, 0.717) is 0 Å². The molecule has 0 spiro atoms. The fraction of sp³-hybridized carbons (Fsp3) is 0.700. The van der Waals surface area contributed by atoms with Crippen molar-refractivity contribution in [2.75, 3.05) is 13.1 Å². The Morgan fingerprint density at radius 2 is 2.33 bits per heavy atom. The topological polar surface area (TPSA) is 15.6 Å². The van der Waals surface area contributed by atoms with Gasteiger partial charge in [-0.2, -0.15) is 0 Å². The van der Waals surface area contributed by atoms with Crippen molar-refractivity contribution in [1.82, 2.24) is 4.90 Å². The van der Waals surface area contributed by atoms with Gasteiger partial charge in [-0.25, -0.2) is 4.99 Å². The van der Waals surface area contributed by atoms with E-state index in [0.717, 1.165) is 6.54 Å². The molecular weight excluding hydrogens is 148 g/mol. The van der Waals surface area contributed by atoms with E-state index in [9.17, 15) is 0 Å². The van der Waals surface area contributed by atoms with Crippen LogP contribution >= 0.6 is 0 Å². The number of hydrogen-bond acceptors (Lipinski definition) is 2. The SMILES string of the molecule is C/C=N\C1=C(C)CCCN1CC. The first kappa shape index (κ1) is 9.30.